The lowest BCUT2D eigenvalue weighted by Gasteiger charge is -2.10. The highest BCUT2D eigenvalue weighted by Gasteiger charge is 2.12. The van der Waals surface area contributed by atoms with E-state index in [9.17, 15) is 4.79 Å². The van der Waals surface area contributed by atoms with Gasteiger partial charge in [-0.2, -0.15) is 0 Å². The van der Waals surface area contributed by atoms with Crippen LogP contribution in [-0.4, -0.2) is 10.9 Å². The predicted molar refractivity (Wildman–Crippen MR) is 82.2 cm³/mol. The number of fused-ring (bicyclic) bond motifs is 1. The molecule has 1 amide bonds. The molecule has 0 saturated carbocycles. The Morgan fingerprint density at radius 1 is 1.05 bits per heavy atom. The summed E-state index contributed by atoms with van der Waals surface area (Å²) in [5.74, 6) is -0.0910. The van der Waals surface area contributed by atoms with Crippen LogP contribution in [0.4, 0.5) is 5.69 Å². The molecular weight excluding hydrogens is 248 g/mol. The van der Waals surface area contributed by atoms with Gasteiger partial charge in [0, 0.05) is 17.3 Å². The van der Waals surface area contributed by atoms with Crippen molar-refractivity contribution in [2.75, 3.05) is 5.32 Å². The van der Waals surface area contributed by atoms with Gasteiger partial charge in [-0.15, -0.1) is 0 Å². The summed E-state index contributed by atoms with van der Waals surface area (Å²) in [6.45, 7) is 4.05. The normalized spacial score (nSPS) is 10.7. The van der Waals surface area contributed by atoms with Crippen molar-refractivity contribution >= 4 is 22.5 Å². The number of aryl methyl sites for hydroxylation is 1. The Bertz CT molecular complexity index is 787. The minimum absolute atomic E-state index is 0.0910. The average Bonchev–Trinajstić information content (AvgIpc) is 2.92. The van der Waals surface area contributed by atoms with Gasteiger partial charge in [0.25, 0.3) is 5.91 Å². The van der Waals surface area contributed by atoms with Gasteiger partial charge in [-0.1, -0.05) is 24.3 Å². The molecule has 1 heterocycles. The van der Waals surface area contributed by atoms with Crippen LogP contribution in [0, 0.1) is 13.8 Å². The van der Waals surface area contributed by atoms with Crippen LogP contribution < -0.4 is 5.32 Å². The van der Waals surface area contributed by atoms with Crippen LogP contribution in [0.15, 0.2) is 48.7 Å². The van der Waals surface area contributed by atoms with Crippen molar-refractivity contribution < 1.29 is 4.79 Å². The van der Waals surface area contributed by atoms with E-state index in [1.165, 1.54) is 5.56 Å². The fourth-order valence-electron chi connectivity index (χ4n) is 2.35. The number of aromatic nitrogens is 1. The summed E-state index contributed by atoms with van der Waals surface area (Å²) in [4.78, 5) is 15.6. The fraction of sp³-hybridized carbons (Fsp3) is 0.118. The number of rotatable bonds is 2. The summed E-state index contributed by atoms with van der Waals surface area (Å²) in [6.07, 6.45) is 1.85. The standard InChI is InChI=1S/C17H16N2O/c1-11-5-3-8-15(12(11)2)19-17(20)14-7-4-6-13-9-10-18-16(13)14/h3-10,18H,1-2H3,(H,19,20). The highest BCUT2D eigenvalue weighted by atomic mass is 16.1. The Hall–Kier alpha value is -2.55. The van der Waals surface area contributed by atoms with Crippen molar-refractivity contribution in [3.8, 4) is 0 Å². The molecule has 0 aliphatic carbocycles. The maximum atomic E-state index is 12.5. The van der Waals surface area contributed by atoms with Crippen molar-refractivity contribution in [1.29, 1.82) is 0 Å². The average molecular weight is 264 g/mol. The first kappa shape index (κ1) is 12.5. The molecule has 3 rings (SSSR count). The molecule has 20 heavy (non-hydrogen) atoms. The first-order valence-electron chi connectivity index (χ1n) is 6.60. The number of amides is 1. The van der Waals surface area contributed by atoms with Crippen LogP contribution in [0.2, 0.25) is 0 Å². The van der Waals surface area contributed by atoms with Crippen LogP contribution in [0.1, 0.15) is 21.5 Å². The maximum Gasteiger partial charge on any atom is 0.257 e. The lowest BCUT2D eigenvalue weighted by molar-refractivity contribution is 0.102. The zero-order valence-electron chi connectivity index (χ0n) is 11.5. The molecule has 2 aromatic carbocycles. The van der Waals surface area contributed by atoms with E-state index in [4.69, 9.17) is 0 Å². The van der Waals surface area contributed by atoms with E-state index in [0.717, 1.165) is 22.2 Å². The van der Waals surface area contributed by atoms with Crippen LogP contribution in [0.5, 0.6) is 0 Å². The molecule has 0 saturated heterocycles. The van der Waals surface area contributed by atoms with Gasteiger partial charge in [-0.3, -0.25) is 4.79 Å². The first-order chi connectivity index (χ1) is 9.66. The third-order valence-corrected chi connectivity index (χ3v) is 3.68. The monoisotopic (exact) mass is 264 g/mol. The quantitative estimate of drug-likeness (QED) is 0.721. The molecular formula is C17H16N2O. The highest BCUT2D eigenvalue weighted by Crippen LogP contribution is 2.21. The highest BCUT2D eigenvalue weighted by molar-refractivity contribution is 6.12. The summed E-state index contributed by atoms with van der Waals surface area (Å²) in [5, 5.41) is 4.03. The molecule has 3 aromatic rings. The Balaban J connectivity index is 1.97. The van der Waals surface area contributed by atoms with Crippen LogP contribution in [0.3, 0.4) is 0 Å². The van der Waals surface area contributed by atoms with Crippen molar-refractivity contribution in [3.05, 3.63) is 65.4 Å². The molecule has 100 valence electrons. The number of benzene rings is 2. The van der Waals surface area contributed by atoms with Crippen LogP contribution >= 0.6 is 0 Å². The molecule has 2 N–H and O–H groups in total. The van der Waals surface area contributed by atoms with Crippen molar-refractivity contribution in [2.24, 2.45) is 0 Å². The van der Waals surface area contributed by atoms with E-state index in [0.29, 0.717) is 5.56 Å². The van der Waals surface area contributed by atoms with Gasteiger partial charge in [-0.05, 0) is 43.2 Å². The first-order valence-corrected chi connectivity index (χ1v) is 6.60. The number of para-hydroxylation sites is 1. The van der Waals surface area contributed by atoms with E-state index in [1.54, 1.807) is 0 Å². The lowest BCUT2D eigenvalue weighted by Crippen LogP contribution is -2.13. The van der Waals surface area contributed by atoms with Crippen molar-refractivity contribution in [1.82, 2.24) is 4.98 Å². The minimum Gasteiger partial charge on any atom is -0.361 e. The van der Waals surface area contributed by atoms with Gasteiger partial charge in [-0.25, -0.2) is 0 Å². The Morgan fingerprint density at radius 3 is 2.70 bits per heavy atom. The van der Waals surface area contributed by atoms with Gasteiger partial charge in [0.1, 0.15) is 0 Å². The summed E-state index contributed by atoms with van der Waals surface area (Å²) in [7, 11) is 0. The molecule has 0 unspecified atom stereocenters. The number of nitrogens with one attached hydrogen (secondary N) is 2. The number of hydrogen-bond acceptors (Lipinski definition) is 1. The fourth-order valence-corrected chi connectivity index (χ4v) is 2.35. The third kappa shape index (κ3) is 2.07. The predicted octanol–water partition coefficient (Wildman–Crippen LogP) is 4.04. The number of hydrogen-bond donors (Lipinski definition) is 2. The summed E-state index contributed by atoms with van der Waals surface area (Å²) >= 11 is 0. The SMILES string of the molecule is Cc1cccc(NC(=O)c2cccc3cc[nH]c23)c1C. The van der Waals surface area contributed by atoms with E-state index in [1.807, 2.05) is 62.5 Å². The second-order valence-corrected chi connectivity index (χ2v) is 4.95. The van der Waals surface area contributed by atoms with Gasteiger partial charge in [0.15, 0.2) is 0 Å². The molecule has 0 aliphatic rings. The van der Waals surface area contributed by atoms with E-state index < -0.39 is 0 Å². The van der Waals surface area contributed by atoms with Gasteiger partial charge < -0.3 is 10.3 Å². The number of aromatic amines is 1. The molecule has 0 aliphatic heterocycles. The molecule has 1 aromatic heterocycles. The van der Waals surface area contributed by atoms with Crippen molar-refractivity contribution in [2.45, 2.75) is 13.8 Å². The Morgan fingerprint density at radius 2 is 1.85 bits per heavy atom. The molecule has 3 heteroatoms. The summed E-state index contributed by atoms with van der Waals surface area (Å²) in [6, 6.07) is 13.6. The Kier molecular flexibility index (Phi) is 3.03. The maximum absolute atomic E-state index is 12.5. The molecule has 3 nitrogen and oxygen atoms in total. The Labute approximate surface area is 117 Å². The molecule has 0 spiro atoms. The van der Waals surface area contributed by atoms with Crippen LogP contribution in [-0.2, 0) is 0 Å². The smallest absolute Gasteiger partial charge is 0.257 e. The summed E-state index contributed by atoms with van der Waals surface area (Å²) < 4.78 is 0. The van der Waals surface area contributed by atoms with Gasteiger partial charge >= 0.3 is 0 Å². The van der Waals surface area contributed by atoms with E-state index in [-0.39, 0.29) is 5.91 Å². The molecule has 0 bridgehead atoms. The number of anilines is 1. The minimum atomic E-state index is -0.0910. The molecule has 0 radical (unpaired) electrons. The van der Waals surface area contributed by atoms with Gasteiger partial charge in [0.2, 0.25) is 0 Å². The van der Waals surface area contributed by atoms with Crippen molar-refractivity contribution in [3.63, 3.8) is 0 Å². The summed E-state index contributed by atoms with van der Waals surface area (Å²) in [5.41, 5.74) is 4.66. The second-order valence-electron chi connectivity index (χ2n) is 4.95. The lowest BCUT2D eigenvalue weighted by atomic mass is 10.1. The zero-order valence-corrected chi connectivity index (χ0v) is 11.5. The number of carbonyl (C=O) groups excluding carboxylic acids is 1. The van der Waals surface area contributed by atoms with Gasteiger partial charge in [0.05, 0.1) is 11.1 Å². The van der Waals surface area contributed by atoms with E-state index >= 15 is 0 Å². The number of carbonyl (C=O) groups is 1. The molecule has 0 fully saturated rings. The second kappa shape index (κ2) is 4.85. The topological polar surface area (TPSA) is 44.9 Å². The largest absolute Gasteiger partial charge is 0.361 e. The third-order valence-electron chi connectivity index (χ3n) is 3.68. The van der Waals surface area contributed by atoms with E-state index in [2.05, 4.69) is 10.3 Å². The zero-order chi connectivity index (χ0) is 14.1. The van der Waals surface area contributed by atoms with Crippen LogP contribution in [0.25, 0.3) is 10.9 Å². The number of H-pyrrole nitrogens is 1. The molecule has 0 atom stereocenters.